The fraction of sp³-hybridized carbons (Fsp3) is 0.364. The molecule has 13 heavy (non-hydrogen) atoms. The average Bonchev–Trinajstić information content (AvgIpc) is 2.16. The number of hydrogen-bond acceptors (Lipinski definition) is 1. The molecule has 2 nitrogen and oxygen atoms in total. The highest BCUT2D eigenvalue weighted by molar-refractivity contribution is 5.86. The molecule has 0 saturated carbocycles. The van der Waals surface area contributed by atoms with Crippen molar-refractivity contribution < 1.29 is 9.90 Å². The highest BCUT2D eigenvalue weighted by Gasteiger charge is 2.19. The van der Waals surface area contributed by atoms with Gasteiger partial charge in [-0.3, -0.25) is 0 Å². The summed E-state index contributed by atoms with van der Waals surface area (Å²) in [5.41, 5.74) is 1.43. The SMILES string of the molecule is C=CC1=CC(C(=C)C(=O)O)CCC1. The van der Waals surface area contributed by atoms with Gasteiger partial charge in [0, 0.05) is 11.5 Å². The smallest absolute Gasteiger partial charge is 0.331 e. The summed E-state index contributed by atoms with van der Waals surface area (Å²) in [4.78, 5) is 10.6. The lowest BCUT2D eigenvalue weighted by atomic mass is 9.86. The van der Waals surface area contributed by atoms with Crippen molar-refractivity contribution in [2.45, 2.75) is 19.3 Å². The van der Waals surface area contributed by atoms with Gasteiger partial charge in [-0.25, -0.2) is 4.79 Å². The van der Waals surface area contributed by atoms with E-state index in [0.717, 1.165) is 24.8 Å². The minimum Gasteiger partial charge on any atom is -0.478 e. The Morgan fingerprint density at radius 3 is 2.92 bits per heavy atom. The first-order chi connectivity index (χ1) is 6.15. The number of aliphatic carboxylic acids is 1. The maximum Gasteiger partial charge on any atom is 0.331 e. The largest absolute Gasteiger partial charge is 0.478 e. The molecular weight excluding hydrogens is 164 g/mol. The van der Waals surface area contributed by atoms with E-state index in [-0.39, 0.29) is 5.92 Å². The molecule has 0 spiro atoms. The summed E-state index contributed by atoms with van der Waals surface area (Å²) < 4.78 is 0. The highest BCUT2D eigenvalue weighted by Crippen LogP contribution is 2.27. The molecule has 0 saturated heterocycles. The number of allylic oxidation sites excluding steroid dienone is 3. The zero-order valence-electron chi connectivity index (χ0n) is 7.62. The standard InChI is InChI=1S/C11H14O2/c1-3-9-5-4-6-10(7-9)8(2)11(12)13/h3,7,10H,1-2,4-6H2,(H,12,13). The van der Waals surface area contributed by atoms with Gasteiger partial charge in [-0.15, -0.1) is 0 Å². The van der Waals surface area contributed by atoms with Gasteiger partial charge in [-0.1, -0.05) is 30.9 Å². The minimum atomic E-state index is -0.897. The van der Waals surface area contributed by atoms with Crippen LogP contribution in [0.25, 0.3) is 0 Å². The van der Waals surface area contributed by atoms with Crippen LogP contribution in [0.15, 0.2) is 36.5 Å². The lowest BCUT2D eigenvalue weighted by molar-refractivity contribution is -0.133. The fourth-order valence-corrected chi connectivity index (χ4v) is 1.55. The lowest BCUT2D eigenvalue weighted by Gasteiger charge is -2.19. The Morgan fingerprint density at radius 1 is 1.69 bits per heavy atom. The third kappa shape index (κ3) is 2.31. The van der Waals surface area contributed by atoms with Crippen molar-refractivity contribution >= 4 is 5.97 Å². The van der Waals surface area contributed by atoms with E-state index in [9.17, 15) is 4.79 Å². The van der Waals surface area contributed by atoms with E-state index in [0.29, 0.717) is 5.57 Å². The van der Waals surface area contributed by atoms with Crippen molar-refractivity contribution in [1.29, 1.82) is 0 Å². The summed E-state index contributed by atoms with van der Waals surface area (Å²) in [6, 6.07) is 0. The molecule has 1 aliphatic rings. The van der Waals surface area contributed by atoms with Crippen LogP contribution >= 0.6 is 0 Å². The van der Waals surface area contributed by atoms with E-state index in [2.05, 4.69) is 13.2 Å². The van der Waals surface area contributed by atoms with Crippen LogP contribution in [0.3, 0.4) is 0 Å². The topological polar surface area (TPSA) is 37.3 Å². The molecule has 1 unspecified atom stereocenters. The Kier molecular flexibility index (Phi) is 3.07. The molecule has 0 fully saturated rings. The zero-order valence-corrected chi connectivity index (χ0v) is 7.62. The maximum absolute atomic E-state index is 10.6. The normalized spacial score (nSPS) is 21.8. The Bertz CT molecular complexity index is 274. The Labute approximate surface area is 78.3 Å². The third-order valence-corrected chi connectivity index (χ3v) is 2.38. The lowest BCUT2D eigenvalue weighted by Crippen LogP contribution is -2.12. The monoisotopic (exact) mass is 178 g/mol. The number of carboxylic acids is 1. The first kappa shape index (κ1) is 9.78. The van der Waals surface area contributed by atoms with E-state index < -0.39 is 5.97 Å². The van der Waals surface area contributed by atoms with Gasteiger partial charge in [0.15, 0.2) is 0 Å². The van der Waals surface area contributed by atoms with Gasteiger partial charge >= 0.3 is 5.97 Å². The van der Waals surface area contributed by atoms with E-state index in [1.54, 1.807) is 6.08 Å². The molecule has 1 N–H and O–H groups in total. The maximum atomic E-state index is 10.6. The van der Waals surface area contributed by atoms with Crippen molar-refractivity contribution in [2.24, 2.45) is 5.92 Å². The number of hydrogen-bond donors (Lipinski definition) is 1. The van der Waals surface area contributed by atoms with Gasteiger partial charge in [0.05, 0.1) is 0 Å². The number of carboxylic acid groups (broad SMARTS) is 1. The van der Waals surface area contributed by atoms with Crippen molar-refractivity contribution in [1.82, 2.24) is 0 Å². The quantitative estimate of drug-likeness (QED) is 0.674. The molecule has 0 aromatic rings. The summed E-state index contributed by atoms with van der Waals surface area (Å²) in [6.07, 6.45) is 6.68. The molecule has 0 aromatic heterocycles. The highest BCUT2D eigenvalue weighted by atomic mass is 16.4. The van der Waals surface area contributed by atoms with Crippen LogP contribution in [0.5, 0.6) is 0 Å². The first-order valence-corrected chi connectivity index (χ1v) is 4.40. The van der Waals surface area contributed by atoms with Gasteiger partial charge < -0.3 is 5.11 Å². The number of carbonyl (C=O) groups is 1. The van der Waals surface area contributed by atoms with Crippen LogP contribution in [-0.2, 0) is 4.79 Å². The van der Waals surface area contributed by atoms with Crippen LogP contribution in [0.2, 0.25) is 0 Å². The predicted molar refractivity (Wildman–Crippen MR) is 52.4 cm³/mol. The van der Waals surface area contributed by atoms with Crippen molar-refractivity contribution in [2.75, 3.05) is 0 Å². The molecule has 0 amide bonds. The molecule has 0 aliphatic heterocycles. The van der Waals surface area contributed by atoms with E-state index >= 15 is 0 Å². The molecule has 70 valence electrons. The van der Waals surface area contributed by atoms with Crippen LogP contribution in [0.1, 0.15) is 19.3 Å². The van der Waals surface area contributed by atoms with E-state index in [1.807, 2.05) is 6.08 Å². The van der Waals surface area contributed by atoms with Crippen molar-refractivity contribution in [3.63, 3.8) is 0 Å². The van der Waals surface area contributed by atoms with Gasteiger partial charge in [0.25, 0.3) is 0 Å². The zero-order chi connectivity index (χ0) is 9.84. The summed E-state index contributed by atoms with van der Waals surface area (Å²) >= 11 is 0. The number of rotatable bonds is 3. The second-order valence-corrected chi connectivity index (χ2v) is 3.27. The summed E-state index contributed by atoms with van der Waals surface area (Å²) in [5.74, 6) is -0.897. The second-order valence-electron chi connectivity index (χ2n) is 3.27. The molecule has 1 rings (SSSR count). The van der Waals surface area contributed by atoms with Crippen LogP contribution < -0.4 is 0 Å². The van der Waals surface area contributed by atoms with Crippen LogP contribution in [0, 0.1) is 5.92 Å². The molecular formula is C11H14O2. The molecule has 1 aliphatic carbocycles. The Morgan fingerprint density at radius 2 is 2.38 bits per heavy atom. The average molecular weight is 178 g/mol. The molecule has 0 radical (unpaired) electrons. The van der Waals surface area contributed by atoms with E-state index in [1.165, 1.54) is 0 Å². The Balaban J connectivity index is 2.76. The Hall–Kier alpha value is -1.31. The minimum absolute atomic E-state index is 0.000694. The predicted octanol–water partition coefficient (Wildman–Crippen LogP) is 2.54. The first-order valence-electron chi connectivity index (χ1n) is 4.40. The fourth-order valence-electron chi connectivity index (χ4n) is 1.55. The molecule has 2 heteroatoms. The van der Waals surface area contributed by atoms with Gasteiger partial charge in [0.1, 0.15) is 0 Å². The van der Waals surface area contributed by atoms with Gasteiger partial charge in [-0.05, 0) is 19.3 Å². The van der Waals surface area contributed by atoms with Crippen molar-refractivity contribution in [3.8, 4) is 0 Å². The molecule has 0 aromatic carbocycles. The van der Waals surface area contributed by atoms with Crippen LogP contribution in [-0.4, -0.2) is 11.1 Å². The van der Waals surface area contributed by atoms with Gasteiger partial charge in [-0.2, -0.15) is 0 Å². The second kappa shape index (κ2) is 4.08. The van der Waals surface area contributed by atoms with Crippen LogP contribution in [0.4, 0.5) is 0 Å². The van der Waals surface area contributed by atoms with Crippen molar-refractivity contribution in [3.05, 3.63) is 36.5 Å². The summed E-state index contributed by atoms with van der Waals surface area (Å²) in [7, 11) is 0. The molecule has 1 atom stereocenters. The van der Waals surface area contributed by atoms with E-state index in [4.69, 9.17) is 5.11 Å². The van der Waals surface area contributed by atoms with Gasteiger partial charge in [0.2, 0.25) is 0 Å². The molecule has 0 bridgehead atoms. The summed E-state index contributed by atoms with van der Waals surface area (Å²) in [5, 5.41) is 8.74. The molecule has 0 heterocycles. The third-order valence-electron chi connectivity index (χ3n) is 2.38. The summed E-state index contributed by atoms with van der Waals surface area (Å²) in [6.45, 7) is 7.25.